The van der Waals surface area contributed by atoms with E-state index in [1.807, 2.05) is 62.4 Å². The Bertz CT molecular complexity index is 1800. The molecule has 1 fully saturated rings. The van der Waals surface area contributed by atoms with Gasteiger partial charge in [-0.05, 0) is 84.6 Å². The van der Waals surface area contributed by atoms with Crippen molar-refractivity contribution < 1.29 is 28.7 Å². The summed E-state index contributed by atoms with van der Waals surface area (Å²) in [6.45, 7) is 3.78. The molecule has 11 heteroatoms. The number of nitrogens with one attached hydrogen (secondary N) is 2. The maximum absolute atomic E-state index is 13.4. The molecule has 1 heterocycles. The first-order valence-electron chi connectivity index (χ1n) is 13.8. The topological polar surface area (TPSA) is 114 Å². The third-order valence-electron chi connectivity index (χ3n) is 6.79. The van der Waals surface area contributed by atoms with E-state index >= 15 is 0 Å². The van der Waals surface area contributed by atoms with Crippen molar-refractivity contribution in [2.75, 3.05) is 16.8 Å². The Morgan fingerprint density at radius 1 is 0.889 bits per heavy atom. The molecular formula is C34H27Cl2N3O6. The van der Waals surface area contributed by atoms with Gasteiger partial charge >= 0.3 is 6.03 Å². The zero-order valence-electron chi connectivity index (χ0n) is 24.2. The van der Waals surface area contributed by atoms with Crippen LogP contribution in [0.15, 0.2) is 90.5 Å². The minimum atomic E-state index is -0.890. The Hall–Kier alpha value is -5.12. The first-order chi connectivity index (χ1) is 21.6. The lowest BCUT2D eigenvalue weighted by Crippen LogP contribution is -2.54. The number of nitrogens with zero attached hydrogens (tertiary/aromatic N) is 1. The Morgan fingerprint density at radius 2 is 1.58 bits per heavy atom. The van der Waals surface area contributed by atoms with E-state index < -0.39 is 23.8 Å². The summed E-state index contributed by atoms with van der Waals surface area (Å²) in [5.74, 6) is -1.53. The number of aryl methyl sites for hydroxylation is 2. The van der Waals surface area contributed by atoms with Crippen molar-refractivity contribution in [2.45, 2.75) is 20.5 Å². The molecule has 0 saturated carbocycles. The van der Waals surface area contributed by atoms with Gasteiger partial charge in [-0.25, -0.2) is 9.69 Å². The fraction of sp³-hybridized carbons (Fsp3) is 0.118. The highest BCUT2D eigenvalue weighted by Gasteiger charge is 2.37. The SMILES string of the molecule is Cc1ccc(C)c(NC(=O)COc2c(Cl)cc(/C=C3/C(=O)NC(=O)N(c4ccc(OCc5ccccc5)cc4)C3=O)cc2Cl)c1. The van der Waals surface area contributed by atoms with E-state index in [4.69, 9.17) is 32.7 Å². The summed E-state index contributed by atoms with van der Waals surface area (Å²) in [6.07, 6.45) is 1.27. The van der Waals surface area contributed by atoms with Crippen molar-refractivity contribution in [3.05, 3.63) is 123 Å². The molecule has 0 atom stereocenters. The van der Waals surface area contributed by atoms with Crippen LogP contribution in [0.25, 0.3) is 6.08 Å². The molecule has 0 aromatic heterocycles. The molecule has 0 radical (unpaired) electrons. The Labute approximate surface area is 269 Å². The number of imide groups is 2. The molecule has 0 aliphatic carbocycles. The molecule has 0 bridgehead atoms. The lowest BCUT2D eigenvalue weighted by Gasteiger charge is -2.26. The number of ether oxygens (including phenoxy) is 2. The number of hydrogen-bond donors (Lipinski definition) is 2. The van der Waals surface area contributed by atoms with Crippen molar-refractivity contribution in [1.82, 2.24) is 5.32 Å². The first kappa shape index (κ1) is 31.3. The summed E-state index contributed by atoms with van der Waals surface area (Å²) in [5, 5.41) is 5.08. The number of barbiturate groups is 1. The fourth-order valence-corrected chi connectivity index (χ4v) is 5.10. The molecule has 0 unspecified atom stereocenters. The van der Waals surface area contributed by atoms with E-state index in [1.54, 1.807) is 24.3 Å². The highest BCUT2D eigenvalue weighted by atomic mass is 35.5. The summed E-state index contributed by atoms with van der Waals surface area (Å²) < 4.78 is 11.4. The van der Waals surface area contributed by atoms with Gasteiger partial charge in [0.05, 0.1) is 15.7 Å². The largest absolute Gasteiger partial charge is 0.489 e. The number of anilines is 2. The van der Waals surface area contributed by atoms with Crippen molar-refractivity contribution in [3.63, 3.8) is 0 Å². The van der Waals surface area contributed by atoms with Crippen LogP contribution in [0.2, 0.25) is 10.0 Å². The van der Waals surface area contributed by atoms with Crippen LogP contribution in [-0.2, 0) is 21.0 Å². The molecular weight excluding hydrogens is 617 g/mol. The summed E-state index contributed by atoms with van der Waals surface area (Å²) in [6, 6.07) is 23.6. The molecule has 1 aliphatic heterocycles. The van der Waals surface area contributed by atoms with Crippen LogP contribution in [0, 0.1) is 13.8 Å². The molecule has 228 valence electrons. The van der Waals surface area contributed by atoms with Crippen molar-refractivity contribution >= 4 is 64.4 Å². The van der Waals surface area contributed by atoms with Gasteiger partial charge in [0.15, 0.2) is 12.4 Å². The molecule has 2 N–H and O–H groups in total. The number of urea groups is 1. The maximum Gasteiger partial charge on any atom is 0.335 e. The molecule has 5 amide bonds. The molecule has 1 saturated heterocycles. The van der Waals surface area contributed by atoms with E-state index in [0.29, 0.717) is 23.6 Å². The third-order valence-corrected chi connectivity index (χ3v) is 7.35. The number of carbonyl (C=O) groups is 4. The predicted molar refractivity (Wildman–Crippen MR) is 173 cm³/mol. The molecule has 5 rings (SSSR count). The van der Waals surface area contributed by atoms with E-state index in [2.05, 4.69) is 10.6 Å². The second-order valence-electron chi connectivity index (χ2n) is 10.2. The highest BCUT2D eigenvalue weighted by molar-refractivity contribution is 6.40. The monoisotopic (exact) mass is 643 g/mol. The predicted octanol–water partition coefficient (Wildman–Crippen LogP) is 6.87. The van der Waals surface area contributed by atoms with Gasteiger partial charge in [0, 0.05) is 5.69 Å². The minimum Gasteiger partial charge on any atom is -0.489 e. The molecule has 1 aliphatic rings. The van der Waals surface area contributed by atoms with Gasteiger partial charge in [0.1, 0.15) is 17.9 Å². The van der Waals surface area contributed by atoms with Crippen LogP contribution in [0.3, 0.4) is 0 Å². The quantitative estimate of drug-likeness (QED) is 0.152. The molecule has 4 aromatic carbocycles. The Morgan fingerprint density at radius 3 is 2.27 bits per heavy atom. The van der Waals surface area contributed by atoms with Gasteiger partial charge in [-0.15, -0.1) is 0 Å². The van der Waals surface area contributed by atoms with Gasteiger partial charge in [0.2, 0.25) is 0 Å². The smallest absolute Gasteiger partial charge is 0.335 e. The number of carbonyl (C=O) groups excluding carboxylic acids is 4. The number of halogens is 2. The third kappa shape index (κ3) is 7.52. The first-order valence-corrected chi connectivity index (χ1v) is 14.5. The van der Waals surface area contributed by atoms with E-state index in [0.717, 1.165) is 21.6 Å². The Balaban J connectivity index is 1.28. The molecule has 0 spiro atoms. The van der Waals surface area contributed by atoms with Crippen molar-refractivity contribution in [1.29, 1.82) is 0 Å². The summed E-state index contributed by atoms with van der Waals surface area (Å²) >= 11 is 12.8. The lowest BCUT2D eigenvalue weighted by atomic mass is 10.1. The Kier molecular flexibility index (Phi) is 9.51. The normalized spacial score (nSPS) is 13.9. The van der Waals surface area contributed by atoms with Crippen LogP contribution in [0.5, 0.6) is 11.5 Å². The van der Waals surface area contributed by atoms with Gasteiger partial charge in [-0.3, -0.25) is 19.7 Å². The zero-order chi connectivity index (χ0) is 32.1. The van der Waals surface area contributed by atoms with Crippen LogP contribution in [-0.4, -0.2) is 30.4 Å². The fourth-order valence-electron chi connectivity index (χ4n) is 4.49. The summed E-state index contributed by atoms with van der Waals surface area (Å²) in [4.78, 5) is 52.1. The van der Waals surface area contributed by atoms with Crippen LogP contribution in [0.4, 0.5) is 16.2 Å². The van der Waals surface area contributed by atoms with E-state index in [-0.39, 0.29) is 33.7 Å². The molecule has 45 heavy (non-hydrogen) atoms. The average Bonchev–Trinajstić information content (AvgIpc) is 3.00. The van der Waals surface area contributed by atoms with Crippen LogP contribution in [0.1, 0.15) is 22.3 Å². The zero-order valence-corrected chi connectivity index (χ0v) is 25.7. The second kappa shape index (κ2) is 13.7. The highest BCUT2D eigenvalue weighted by Crippen LogP contribution is 2.35. The van der Waals surface area contributed by atoms with E-state index in [9.17, 15) is 19.2 Å². The number of amides is 5. The van der Waals surface area contributed by atoms with Crippen molar-refractivity contribution in [2.24, 2.45) is 0 Å². The standard InChI is InChI=1S/C34H27Cl2N3O6/c1-20-8-9-21(2)29(14-20)37-30(40)19-45-31-27(35)16-23(17-28(31)36)15-26-32(41)38-34(43)39(33(26)42)24-10-12-25(13-11-24)44-18-22-6-4-3-5-7-22/h3-17H,18-19H2,1-2H3,(H,37,40)(H,38,41,43)/b26-15-. The van der Waals surface area contributed by atoms with Crippen molar-refractivity contribution in [3.8, 4) is 11.5 Å². The van der Waals surface area contributed by atoms with Crippen LogP contribution < -0.4 is 25.0 Å². The van der Waals surface area contributed by atoms with E-state index in [1.165, 1.54) is 18.2 Å². The number of rotatable bonds is 9. The molecule has 9 nitrogen and oxygen atoms in total. The number of benzene rings is 4. The summed E-state index contributed by atoms with van der Waals surface area (Å²) in [7, 11) is 0. The second-order valence-corrected chi connectivity index (χ2v) is 11.0. The lowest BCUT2D eigenvalue weighted by molar-refractivity contribution is -0.122. The maximum atomic E-state index is 13.4. The summed E-state index contributed by atoms with van der Waals surface area (Å²) in [5.41, 5.74) is 3.77. The number of hydrogen-bond acceptors (Lipinski definition) is 6. The minimum absolute atomic E-state index is 0.0524. The molecule has 4 aromatic rings. The van der Waals surface area contributed by atoms with Gasteiger partial charge < -0.3 is 14.8 Å². The van der Waals surface area contributed by atoms with Gasteiger partial charge in [-0.2, -0.15) is 0 Å². The average molecular weight is 645 g/mol. The van der Waals surface area contributed by atoms with Gasteiger partial charge in [0.25, 0.3) is 17.7 Å². The van der Waals surface area contributed by atoms with Crippen LogP contribution >= 0.6 is 23.2 Å². The van der Waals surface area contributed by atoms with Gasteiger partial charge in [-0.1, -0.05) is 65.7 Å².